The fraction of sp³-hybridized carbons (Fsp3) is 0.333. The molecule has 32 heavy (non-hydrogen) atoms. The molecule has 2 aliphatic rings. The van der Waals surface area contributed by atoms with E-state index in [2.05, 4.69) is 20.3 Å². The summed E-state index contributed by atoms with van der Waals surface area (Å²) < 4.78 is 27.9. The van der Waals surface area contributed by atoms with Gasteiger partial charge in [-0.1, -0.05) is 41.0 Å². The lowest BCUT2D eigenvalue weighted by molar-refractivity contribution is 0.0985. The summed E-state index contributed by atoms with van der Waals surface area (Å²) in [5.41, 5.74) is 4.09. The van der Waals surface area contributed by atoms with Crippen molar-refractivity contribution in [3.8, 4) is 0 Å². The predicted molar refractivity (Wildman–Crippen MR) is 116 cm³/mol. The first kappa shape index (κ1) is 20.5. The fourth-order valence-electron chi connectivity index (χ4n) is 4.37. The second kappa shape index (κ2) is 8.26. The van der Waals surface area contributed by atoms with Gasteiger partial charge in [-0.15, -0.1) is 5.10 Å². The van der Waals surface area contributed by atoms with Gasteiger partial charge in [0.1, 0.15) is 11.6 Å². The number of benzene rings is 2. The monoisotopic (exact) mass is 435 g/mol. The van der Waals surface area contributed by atoms with Gasteiger partial charge in [0.25, 0.3) is 5.95 Å². The molecular formula is C24H23F2N5O. The van der Waals surface area contributed by atoms with E-state index in [9.17, 15) is 13.6 Å². The van der Waals surface area contributed by atoms with Crippen molar-refractivity contribution in [3.63, 3.8) is 0 Å². The van der Waals surface area contributed by atoms with Crippen LogP contribution in [0.15, 0.2) is 48.0 Å². The summed E-state index contributed by atoms with van der Waals surface area (Å²) in [6.07, 6.45) is 3.36. The zero-order chi connectivity index (χ0) is 22.2. The summed E-state index contributed by atoms with van der Waals surface area (Å²) in [5.74, 6) is -0.957. The highest BCUT2D eigenvalue weighted by atomic mass is 19.1. The molecule has 0 saturated heterocycles. The molecule has 0 atom stereocenters. The number of hydrogen-bond acceptors (Lipinski definition) is 5. The van der Waals surface area contributed by atoms with Crippen molar-refractivity contribution in [1.29, 1.82) is 0 Å². The van der Waals surface area contributed by atoms with Crippen LogP contribution in [0.25, 0.3) is 5.57 Å². The second-order valence-electron chi connectivity index (χ2n) is 8.42. The molecule has 1 fully saturated rings. The molecule has 1 aromatic heterocycles. The van der Waals surface area contributed by atoms with E-state index >= 15 is 0 Å². The van der Waals surface area contributed by atoms with Gasteiger partial charge < -0.3 is 4.90 Å². The Hall–Kier alpha value is -3.42. The third-order valence-electron chi connectivity index (χ3n) is 6.15. The predicted octanol–water partition coefficient (Wildman–Crippen LogP) is 3.99. The highest BCUT2D eigenvalue weighted by Gasteiger charge is 2.32. The maximum absolute atomic E-state index is 13.9. The van der Waals surface area contributed by atoms with Gasteiger partial charge in [-0.3, -0.25) is 4.79 Å². The van der Waals surface area contributed by atoms with Crippen LogP contribution in [0, 0.1) is 17.6 Å². The van der Waals surface area contributed by atoms with Gasteiger partial charge in [-0.25, -0.2) is 8.78 Å². The zero-order valence-electron chi connectivity index (χ0n) is 17.8. The summed E-state index contributed by atoms with van der Waals surface area (Å²) in [5, 5.41) is 12.4. The molecule has 0 radical (unpaired) electrons. The van der Waals surface area contributed by atoms with E-state index in [1.165, 1.54) is 34.9 Å². The Labute approximate surface area is 184 Å². The Morgan fingerprint density at radius 1 is 1.09 bits per heavy atom. The minimum Gasteiger partial charge on any atom is -0.334 e. The highest BCUT2D eigenvalue weighted by Crippen LogP contribution is 2.44. The molecule has 2 aromatic carbocycles. The largest absolute Gasteiger partial charge is 0.334 e. The fourth-order valence-corrected chi connectivity index (χ4v) is 4.37. The molecule has 1 saturated carbocycles. The van der Waals surface area contributed by atoms with Crippen molar-refractivity contribution in [1.82, 2.24) is 20.2 Å². The van der Waals surface area contributed by atoms with Crippen molar-refractivity contribution in [2.24, 2.45) is 13.0 Å². The van der Waals surface area contributed by atoms with Gasteiger partial charge in [-0.05, 0) is 59.2 Å². The molecule has 1 aliphatic carbocycles. The summed E-state index contributed by atoms with van der Waals surface area (Å²) in [4.78, 5) is 16.1. The maximum Gasteiger partial charge on any atom is 0.266 e. The summed E-state index contributed by atoms with van der Waals surface area (Å²) in [7, 11) is 1.75. The lowest BCUT2D eigenvalue weighted by Gasteiger charge is -2.30. The van der Waals surface area contributed by atoms with Gasteiger partial charge in [-0.2, -0.15) is 4.80 Å². The molecule has 0 bridgehead atoms. The Morgan fingerprint density at radius 2 is 1.81 bits per heavy atom. The highest BCUT2D eigenvalue weighted by molar-refractivity contribution is 5.98. The molecule has 2 heterocycles. The smallest absolute Gasteiger partial charge is 0.266 e. The van der Waals surface area contributed by atoms with Crippen LogP contribution >= 0.6 is 0 Å². The summed E-state index contributed by atoms with van der Waals surface area (Å²) in [6.45, 7) is 1.57. The van der Waals surface area contributed by atoms with Crippen molar-refractivity contribution in [2.75, 3.05) is 18.0 Å². The van der Waals surface area contributed by atoms with Crippen LogP contribution in [0.5, 0.6) is 0 Å². The number of aromatic nitrogens is 4. The molecule has 6 nitrogen and oxygen atoms in total. The van der Waals surface area contributed by atoms with E-state index in [4.69, 9.17) is 0 Å². The zero-order valence-corrected chi connectivity index (χ0v) is 17.8. The molecule has 8 heteroatoms. The number of Topliss-reactive ketones (excluding diaryl/α,β-unsaturated/α-hetero) is 1. The third-order valence-corrected chi connectivity index (χ3v) is 6.15. The van der Waals surface area contributed by atoms with Gasteiger partial charge in [0, 0.05) is 19.5 Å². The Bertz CT molecular complexity index is 1180. The average Bonchev–Trinajstić information content (AvgIpc) is 3.54. The lowest BCUT2D eigenvalue weighted by Crippen LogP contribution is -2.32. The first-order valence-corrected chi connectivity index (χ1v) is 10.8. The SMILES string of the molecule is Cn1nnc(N2CCC(C3CC3)=C(c3ccc(CC(=O)c4c(F)cccc4F)cc3)C2)n1. The Balaban J connectivity index is 1.37. The molecule has 0 amide bonds. The molecule has 164 valence electrons. The van der Waals surface area contributed by atoms with Gasteiger partial charge >= 0.3 is 0 Å². The van der Waals surface area contributed by atoms with E-state index in [-0.39, 0.29) is 6.42 Å². The molecule has 0 unspecified atom stereocenters. The third kappa shape index (κ3) is 4.04. The van der Waals surface area contributed by atoms with Gasteiger partial charge in [0.05, 0.1) is 12.6 Å². The van der Waals surface area contributed by atoms with E-state index in [1.807, 2.05) is 24.3 Å². The quantitative estimate of drug-likeness (QED) is 0.548. The van der Waals surface area contributed by atoms with Crippen LogP contribution in [0.4, 0.5) is 14.7 Å². The number of anilines is 1. The summed E-state index contributed by atoms with van der Waals surface area (Å²) >= 11 is 0. The minimum atomic E-state index is -0.828. The Kier molecular flexibility index (Phi) is 5.28. The topological polar surface area (TPSA) is 63.9 Å². The molecule has 3 aromatic rings. The minimum absolute atomic E-state index is 0.0533. The van der Waals surface area contributed by atoms with Crippen molar-refractivity contribution < 1.29 is 13.6 Å². The molecule has 5 rings (SSSR count). The van der Waals surface area contributed by atoms with Crippen LogP contribution in [0.2, 0.25) is 0 Å². The van der Waals surface area contributed by atoms with Crippen LogP contribution in [0.1, 0.15) is 40.7 Å². The number of ketones is 1. The van der Waals surface area contributed by atoms with Crippen LogP contribution in [-0.4, -0.2) is 39.1 Å². The van der Waals surface area contributed by atoms with Crippen LogP contribution < -0.4 is 4.90 Å². The van der Waals surface area contributed by atoms with E-state index < -0.39 is 23.0 Å². The number of nitrogens with zero attached hydrogens (tertiary/aromatic N) is 5. The molecule has 0 spiro atoms. The number of carbonyl (C=O) groups excluding carboxylic acids is 1. The maximum atomic E-state index is 13.9. The van der Waals surface area contributed by atoms with Crippen molar-refractivity contribution >= 4 is 17.3 Å². The average molecular weight is 435 g/mol. The standard InChI is InChI=1S/C24H23F2N5O/c1-30-28-24(27-29-30)31-12-11-18(16-9-10-16)19(14-31)17-7-5-15(6-8-17)13-22(32)23-20(25)3-2-4-21(23)26/h2-8,16H,9-14H2,1H3. The number of rotatable bonds is 6. The van der Waals surface area contributed by atoms with Crippen LogP contribution in [0.3, 0.4) is 0 Å². The molecular weight excluding hydrogens is 412 g/mol. The normalized spacial score (nSPS) is 16.5. The van der Waals surface area contributed by atoms with E-state index in [1.54, 1.807) is 7.05 Å². The van der Waals surface area contributed by atoms with E-state index in [0.29, 0.717) is 18.4 Å². The second-order valence-corrected chi connectivity index (χ2v) is 8.42. The first-order chi connectivity index (χ1) is 15.5. The van der Waals surface area contributed by atoms with Gasteiger partial charge in [0.15, 0.2) is 5.78 Å². The molecule has 1 aliphatic heterocycles. The number of tetrazole rings is 1. The van der Waals surface area contributed by atoms with Gasteiger partial charge in [0.2, 0.25) is 0 Å². The Morgan fingerprint density at radius 3 is 2.44 bits per heavy atom. The number of aryl methyl sites for hydroxylation is 1. The lowest BCUT2D eigenvalue weighted by atomic mass is 9.90. The van der Waals surface area contributed by atoms with Crippen molar-refractivity contribution in [3.05, 3.63) is 76.4 Å². The van der Waals surface area contributed by atoms with Crippen LogP contribution in [-0.2, 0) is 13.5 Å². The number of halogens is 2. The summed E-state index contributed by atoms with van der Waals surface area (Å²) in [6, 6.07) is 11.2. The first-order valence-electron chi connectivity index (χ1n) is 10.8. The number of hydrogen-bond donors (Lipinski definition) is 0. The van der Waals surface area contributed by atoms with Crippen molar-refractivity contribution in [2.45, 2.75) is 25.7 Å². The van der Waals surface area contributed by atoms with E-state index in [0.717, 1.165) is 36.2 Å². The molecule has 0 N–H and O–H groups in total. The number of carbonyl (C=O) groups is 1.